The Hall–Kier alpha value is -1.62. The third-order valence-corrected chi connectivity index (χ3v) is 4.92. The first-order valence-corrected chi connectivity index (χ1v) is 11.3. The molecule has 1 aromatic heterocycles. The van der Waals surface area contributed by atoms with Crippen molar-refractivity contribution < 1.29 is 14.3 Å². The van der Waals surface area contributed by atoms with Crippen LogP contribution in [-0.4, -0.2) is 66.4 Å². The number of halogens is 1. The highest BCUT2D eigenvalue weighted by molar-refractivity contribution is 14.0. The maximum Gasteiger partial charge on any atom is 0.407 e. The van der Waals surface area contributed by atoms with E-state index in [0.717, 1.165) is 56.1 Å². The molecule has 0 aromatic carbocycles. The number of hydrogen-bond donors (Lipinski definition) is 2. The highest BCUT2D eigenvalue weighted by atomic mass is 127. The number of nitrogens with one attached hydrogen (secondary N) is 2. The summed E-state index contributed by atoms with van der Waals surface area (Å²) in [4.78, 5) is 23.2. The van der Waals surface area contributed by atoms with Crippen LogP contribution in [0.3, 0.4) is 0 Å². The number of rotatable bonds is 8. The minimum atomic E-state index is -0.472. The van der Waals surface area contributed by atoms with Crippen LogP contribution in [0.4, 0.5) is 4.79 Å². The zero-order chi connectivity index (χ0) is 22.7. The maximum absolute atomic E-state index is 11.6. The van der Waals surface area contributed by atoms with Crippen molar-refractivity contribution >= 4 is 36.0 Å². The molecule has 32 heavy (non-hydrogen) atoms. The van der Waals surface area contributed by atoms with E-state index in [1.165, 1.54) is 0 Å². The van der Waals surface area contributed by atoms with Crippen molar-refractivity contribution in [2.45, 2.75) is 72.1 Å². The Bertz CT molecular complexity index is 716. The normalized spacial score (nSPS) is 15.2. The fraction of sp³-hybridized carbons (Fsp3) is 0.696. The van der Waals surface area contributed by atoms with Gasteiger partial charge < -0.3 is 25.0 Å². The number of piperidine rings is 1. The number of carbonyl (C=O) groups excluding carboxylic acids is 1. The summed E-state index contributed by atoms with van der Waals surface area (Å²) in [5.41, 5.74) is 1.70. The van der Waals surface area contributed by atoms with Crippen LogP contribution >= 0.6 is 24.0 Å². The number of aromatic nitrogens is 1. The van der Waals surface area contributed by atoms with Crippen molar-refractivity contribution in [2.75, 3.05) is 32.8 Å². The molecule has 0 saturated carbocycles. The lowest BCUT2D eigenvalue weighted by atomic mass is 10.1. The summed E-state index contributed by atoms with van der Waals surface area (Å²) in [6.45, 7) is 14.1. The van der Waals surface area contributed by atoms with E-state index in [4.69, 9.17) is 14.5 Å². The molecule has 1 aliphatic rings. The van der Waals surface area contributed by atoms with Gasteiger partial charge in [-0.05, 0) is 65.5 Å². The standard InChI is InChI=1S/C23H39N5O3.HI/c1-6-24-21(27-17-20-18(2)9-7-12-25-20)28-14-10-19(11-15-28)30-16-8-13-26-22(29)31-23(3,4)5;/h7,9,12,19H,6,8,10-11,13-17H2,1-5H3,(H,24,27)(H,26,29);1H. The average molecular weight is 562 g/mol. The molecule has 1 saturated heterocycles. The number of amides is 1. The average Bonchev–Trinajstić information content (AvgIpc) is 2.71. The molecule has 0 spiro atoms. The fourth-order valence-electron chi connectivity index (χ4n) is 3.32. The van der Waals surface area contributed by atoms with E-state index in [9.17, 15) is 4.79 Å². The SMILES string of the molecule is CCNC(=NCc1ncccc1C)N1CCC(OCCCNC(=O)OC(C)(C)C)CC1.I. The molecule has 1 amide bonds. The lowest BCUT2D eigenvalue weighted by molar-refractivity contribution is 0.0170. The van der Waals surface area contributed by atoms with Crippen LogP contribution in [0.1, 0.15) is 58.2 Å². The first-order chi connectivity index (χ1) is 14.8. The molecule has 0 bridgehead atoms. The first-order valence-electron chi connectivity index (χ1n) is 11.3. The zero-order valence-corrected chi connectivity index (χ0v) is 22.5. The van der Waals surface area contributed by atoms with Gasteiger partial charge in [-0.1, -0.05) is 6.07 Å². The van der Waals surface area contributed by atoms with Crippen LogP contribution < -0.4 is 10.6 Å². The molecule has 0 unspecified atom stereocenters. The van der Waals surface area contributed by atoms with Gasteiger partial charge in [0.25, 0.3) is 0 Å². The molecule has 0 aliphatic carbocycles. The van der Waals surface area contributed by atoms with Crippen LogP contribution in [0.2, 0.25) is 0 Å². The van der Waals surface area contributed by atoms with E-state index in [0.29, 0.717) is 19.7 Å². The van der Waals surface area contributed by atoms with E-state index in [1.807, 2.05) is 33.0 Å². The Kier molecular flexibility index (Phi) is 12.9. The summed E-state index contributed by atoms with van der Waals surface area (Å²) in [7, 11) is 0. The molecule has 2 rings (SSSR count). The molecule has 1 aliphatic heterocycles. The predicted octanol–water partition coefficient (Wildman–Crippen LogP) is 3.87. The largest absolute Gasteiger partial charge is 0.444 e. The van der Waals surface area contributed by atoms with E-state index >= 15 is 0 Å². The summed E-state index contributed by atoms with van der Waals surface area (Å²) in [6, 6.07) is 4.02. The third kappa shape index (κ3) is 10.8. The monoisotopic (exact) mass is 561 g/mol. The van der Waals surface area contributed by atoms with Crippen molar-refractivity contribution in [2.24, 2.45) is 4.99 Å². The maximum atomic E-state index is 11.6. The molecule has 9 heteroatoms. The number of likely N-dealkylation sites (tertiary alicyclic amines) is 1. The van der Waals surface area contributed by atoms with E-state index in [2.05, 4.69) is 40.4 Å². The topological polar surface area (TPSA) is 88.1 Å². The summed E-state index contributed by atoms with van der Waals surface area (Å²) in [6.07, 6.45) is 4.39. The van der Waals surface area contributed by atoms with Gasteiger partial charge >= 0.3 is 6.09 Å². The number of hydrogen-bond acceptors (Lipinski definition) is 5. The van der Waals surface area contributed by atoms with Crippen LogP contribution in [0.25, 0.3) is 0 Å². The summed E-state index contributed by atoms with van der Waals surface area (Å²) in [5.74, 6) is 0.938. The van der Waals surface area contributed by atoms with E-state index in [1.54, 1.807) is 0 Å². The number of carbonyl (C=O) groups is 1. The van der Waals surface area contributed by atoms with Gasteiger partial charge in [0.1, 0.15) is 5.60 Å². The molecule has 1 fully saturated rings. The summed E-state index contributed by atoms with van der Waals surface area (Å²) < 4.78 is 11.2. The van der Waals surface area contributed by atoms with Crippen molar-refractivity contribution in [3.63, 3.8) is 0 Å². The van der Waals surface area contributed by atoms with Gasteiger partial charge in [0.15, 0.2) is 5.96 Å². The van der Waals surface area contributed by atoms with Crippen molar-refractivity contribution in [1.82, 2.24) is 20.5 Å². The number of pyridine rings is 1. The lowest BCUT2D eigenvalue weighted by Crippen LogP contribution is -2.47. The molecule has 1 aromatic rings. The molecule has 0 atom stereocenters. The Morgan fingerprint density at radius 1 is 1.28 bits per heavy atom. The number of aryl methyl sites for hydroxylation is 1. The second kappa shape index (κ2) is 14.5. The lowest BCUT2D eigenvalue weighted by Gasteiger charge is -2.34. The zero-order valence-electron chi connectivity index (χ0n) is 20.1. The quantitative estimate of drug-likeness (QED) is 0.217. The molecule has 2 N–H and O–H groups in total. The van der Waals surface area contributed by atoms with Crippen LogP contribution in [0.15, 0.2) is 23.3 Å². The van der Waals surface area contributed by atoms with Crippen LogP contribution in [0, 0.1) is 6.92 Å². The molecular weight excluding hydrogens is 521 g/mol. The van der Waals surface area contributed by atoms with Gasteiger partial charge in [-0.25, -0.2) is 9.79 Å². The van der Waals surface area contributed by atoms with Gasteiger partial charge in [0.2, 0.25) is 0 Å². The minimum Gasteiger partial charge on any atom is -0.444 e. The van der Waals surface area contributed by atoms with Gasteiger partial charge in [-0.3, -0.25) is 4.98 Å². The number of aliphatic imine (C=N–C) groups is 1. The van der Waals surface area contributed by atoms with Crippen molar-refractivity contribution in [3.05, 3.63) is 29.6 Å². The third-order valence-electron chi connectivity index (χ3n) is 4.92. The number of alkyl carbamates (subject to hydrolysis) is 1. The Balaban J connectivity index is 0.00000512. The predicted molar refractivity (Wildman–Crippen MR) is 139 cm³/mol. The molecule has 182 valence electrons. The second-order valence-corrected chi connectivity index (χ2v) is 8.78. The Morgan fingerprint density at radius 2 is 2.00 bits per heavy atom. The van der Waals surface area contributed by atoms with Gasteiger partial charge in [-0.2, -0.15) is 0 Å². The second-order valence-electron chi connectivity index (χ2n) is 8.78. The molecule has 2 heterocycles. The van der Waals surface area contributed by atoms with Crippen molar-refractivity contribution in [1.29, 1.82) is 0 Å². The highest BCUT2D eigenvalue weighted by Gasteiger charge is 2.22. The van der Waals surface area contributed by atoms with Crippen molar-refractivity contribution in [3.8, 4) is 0 Å². The summed E-state index contributed by atoms with van der Waals surface area (Å²) in [5, 5.41) is 6.16. The fourth-order valence-corrected chi connectivity index (χ4v) is 3.32. The number of ether oxygens (including phenoxy) is 2. The molecule has 8 nitrogen and oxygen atoms in total. The van der Waals surface area contributed by atoms with Gasteiger partial charge in [0.05, 0.1) is 18.3 Å². The van der Waals surface area contributed by atoms with Crippen LogP contribution in [0.5, 0.6) is 0 Å². The van der Waals surface area contributed by atoms with Gasteiger partial charge in [-0.15, -0.1) is 24.0 Å². The van der Waals surface area contributed by atoms with E-state index < -0.39 is 5.60 Å². The smallest absolute Gasteiger partial charge is 0.407 e. The van der Waals surface area contributed by atoms with Crippen LogP contribution in [-0.2, 0) is 16.0 Å². The number of guanidine groups is 1. The minimum absolute atomic E-state index is 0. The van der Waals surface area contributed by atoms with Gasteiger partial charge in [0, 0.05) is 39.0 Å². The Labute approximate surface area is 210 Å². The number of nitrogens with zero attached hydrogens (tertiary/aromatic N) is 3. The summed E-state index contributed by atoms with van der Waals surface area (Å²) >= 11 is 0. The van der Waals surface area contributed by atoms with E-state index in [-0.39, 0.29) is 36.2 Å². The first kappa shape index (κ1) is 28.4. The molecule has 0 radical (unpaired) electrons. The highest BCUT2D eigenvalue weighted by Crippen LogP contribution is 2.15. The Morgan fingerprint density at radius 3 is 2.62 bits per heavy atom. The molecular formula is C23H40IN5O3.